The number of rotatable bonds is 3. The highest BCUT2D eigenvalue weighted by Gasteiger charge is 2.23. The number of benzene rings is 1. The van der Waals surface area contributed by atoms with Gasteiger partial charge in [0, 0.05) is 5.69 Å². The van der Waals surface area contributed by atoms with E-state index in [9.17, 15) is 4.79 Å². The number of amides is 1. The SMILES string of the molecule is CCc1ccc(NC(=O)C2CCCS2)cc1. The van der Waals surface area contributed by atoms with Crippen molar-refractivity contribution >= 4 is 23.4 Å². The van der Waals surface area contributed by atoms with Crippen LogP contribution >= 0.6 is 11.8 Å². The van der Waals surface area contributed by atoms with E-state index in [0.717, 1.165) is 30.7 Å². The van der Waals surface area contributed by atoms with Crippen LogP contribution in [0, 0.1) is 0 Å². The van der Waals surface area contributed by atoms with Gasteiger partial charge in [0.1, 0.15) is 0 Å². The highest BCUT2D eigenvalue weighted by Crippen LogP contribution is 2.27. The molecular formula is C13H17NOS. The van der Waals surface area contributed by atoms with Crippen LogP contribution in [0.3, 0.4) is 0 Å². The Morgan fingerprint density at radius 3 is 2.75 bits per heavy atom. The van der Waals surface area contributed by atoms with Crippen molar-refractivity contribution in [3.63, 3.8) is 0 Å². The highest BCUT2D eigenvalue weighted by molar-refractivity contribution is 8.00. The fourth-order valence-electron chi connectivity index (χ4n) is 1.83. The summed E-state index contributed by atoms with van der Waals surface area (Å²) in [6.45, 7) is 2.13. The van der Waals surface area contributed by atoms with Crippen LogP contribution in [-0.2, 0) is 11.2 Å². The lowest BCUT2D eigenvalue weighted by Crippen LogP contribution is -2.22. The topological polar surface area (TPSA) is 29.1 Å². The first-order valence-electron chi connectivity index (χ1n) is 5.81. The summed E-state index contributed by atoms with van der Waals surface area (Å²) in [4.78, 5) is 11.8. The molecule has 2 rings (SSSR count). The van der Waals surface area contributed by atoms with Crippen LogP contribution in [0.2, 0.25) is 0 Å². The molecule has 1 aliphatic rings. The van der Waals surface area contributed by atoms with Gasteiger partial charge < -0.3 is 5.32 Å². The molecule has 1 aromatic rings. The van der Waals surface area contributed by atoms with Crippen LogP contribution in [0.4, 0.5) is 5.69 Å². The predicted molar refractivity (Wildman–Crippen MR) is 69.9 cm³/mol. The van der Waals surface area contributed by atoms with Crippen LogP contribution in [0.1, 0.15) is 25.3 Å². The van der Waals surface area contributed by atoms with Crippen LogP contribution in [-0.4, -0.2) is 16.9 Å². The van der Waals surface area contributed by atoms with E-state index in [2.05, 4.69) is 24.4 Å². The van der Waals surface area contributed by atoms with Crippen LogP contribution in [0.5, 0.6) is 0 Å². The Morgan fingerprint density at radius 1 is 1.44 bits per heavy atom. The molecule has 0 radical (unpaired) electrons. The summed E-state index contributed by atoms with van der Waals surface area (Å²) in [6.07, 6.45) is 3.22. The van der Waals surface area contributed by atoms with Crippen LogP contribution in [0.15, 0.2) is 24.3 Å². The second-order valence-corrected chi connectivity index (χ2v) is 5.35. The Kier molecular flexibility index (Phi) is 3.88. The van der Waals surface area contributed by atoms with Crippen molar-refractivity contribution in [2.24, 2.45) is 0 Å². The van der Waals surface area contributed by atoms with E-state index in [1.807, 2.05) is 12.1 Å². The molecule has 16 heavy (non-hydrogen) atoms. The van der Waals surface area contributed by atoms with E-state index in [4.69, 9.17) is 0 Å². The van der Waals surface area contributed by atoms with Gasteiger partial charge in [0.2, 0.25) is 5.91 Å². The summed E-state index contributed by atoms with van der Waals surface area (Å²) in [7, 11) is 0. The van der Waals surface area contributed by atoms with Gasteiger partial charge >= 0.3 is 0 Å². The molecule has 0 saturated carbocycles. The molecule has 0 aliphatic carbocycles. The van der Waals surface area contributed by atoms with E-state index in [0.29, 0.717) is 0 Å². The second kappa shape index (κ2) is 5.39. The van der Waals surface area contributed by atoms with Crippen molar-refractivity contribution < 1.29 is 4.79 Å². The van der Waals surface area contributed by atoms with Crippen molar-refractivity contribution in [1.82, 2.24) is 0 Å². The molecule has 86 valence electrons. The molecule has 1 atom stereocenters. The second-order valence-electron chi connectivity index (χ2n) is 4.04. The first-order chi connectivity index (χ1) is 7.79. The minimum absolute atomic E-state index is 0.158. The van der Waals surface area contributed by atoms with Crippen molar-refractivity contribution in [2.45, 2.75) is 31.4 Å². The fourth-order valence-corrected chi connectivity index (χ4v) is 2.99. The lowest BCUT2D eigenvalue weighted by molar-refractivity contribution is -0.115. The zero-order valence-electron chi connectivity index (χ0n) is 9.53. The zero-order chi connectivity index (χ0) is 11.4. The number of hydrogen-bond donors (Lipinski definition) is 1. The smallest absolute Gasteiger partial charge is 0.237 e. The van der Waals surface area contributed by atoms with Crippen LogP contribution < -0.4 is 5.32 Å². The molecular weight excluding hydrogens is 218 g/mol. The maximum absolute atomic E-state index is 11.8. The molecule has 3 heteroatoms. The van der Waals surface area contributed by atoms with Crippen molar-refractivity contribution in [3.05, 3.63) is 29.8 Å². The Labute approximate surface area is 101 Å². The van der Waals surface area contributed by atoms with Crippen LogP contribution in [0.25, 0.3) is 0 Å². The number of anilines is 1. The molecule has 0 spiro atoms. The number of thioether (sulfide) groups is 1. The average molecular weight is 235 g/mol. The molecule has 1 unspecified atom stereocenters. The number of carbonyl (C=O) groups is 1. The maximum atomic E-state index is 11.8. The Balaban J connectivity index is 1.94. The first-order valence-corrected chi connectivity index (χ1v) is 6.86. The third kappa shape index (κ3) is 2.79. The van der Waals surface area contributed by atoms with E-state index in [1.54, 1.807) is 11.8 Å². The Hall–Kier alpha value is -0.960. The summed E-state index contributed by atoms with van der Waals surface area (Å²) < 4.78 is 0. The molecule has 1 aliphatic heterocycles. The van der Waals surface area contributed by atoms with E-state index in [1.165, 1.54) is 5.56 Å². The molecule has 1 heterocycles. The van der Waals surface area contributed by atoms with E-state index >= 15 is 0 Å². The van der Waals surface area contributed by atoms with E-state index < -0.39 is 0 Å². The highest BCUT2D eigenvalue weighted by atomic mass is 32.2. The van der Waals surface area contributed by atoms with Gasteiger partial charge in [-0.25, -0.2) is 0 Å². The zero-order valence-corrected chi connectivity index (χ0v) is 10.3. The molecule has 0 bridgehead atoms. The molecule has 1 N–H and O–H groups in total. The predicted octanol–water partition coefficient (Wildman–Crippen LogP) is 3.08. The Bertz CT molecular complexity index is 355. The third-order valence-electron chi connectivity index (χ3n) is 2.85. The van der Waals surface area contributed by atoms with Gasteiger partial charge in [0.25, 0.3) is 0 Å². The Morgan fingerprint density at radius 2 is 2.19 bits per heavy atom. The van der Waals surface area contributed by atoms with Gasteiger partial charge in [-0.1, -0.05) is 19.1 Å². The normalized spacial score (nSPS) is 19.7. The van der Waals surface area contributed by atoms with E-state index in [-0.39, 0.29) is 11.2 Å². The van der Waals surface area contributed by atoms with Gasteiger partial charge in [0.15, 0.2) is 0 Å². The lowest BCUT2D eigenvalue weighted by Gasteiger charge is -2.10. The van der Waals surface area contributed by atoms with Crippen molar-refractivity contribution in [2.75, 3.05) is 11.1 Å². The van der Waals surface area contributed by atoms with Gasteiger partial charge in [-0.15, -0.1) is 11.8 Å². The third-order valence-corrected chi connectivity index (χ3v) is 4.23. The number of hydrogen-bond acceptors (Lipinski definition) is 2. The summed E-state index contributed by atoms with van der Waals surface area (Å²) in [6, 6.07) is 8.10. The molecule has 2 nitrogen and oxygen atoms in total. The van der Waals surface area contributed by atoms with Gasteiger partial charge in [0.05, 0.1) is 5.25 Å². The standard InChI is InChI=1S/C13H17NOS/c1-2-10-5-7-11(8-6-10)14-13(15)12-4-3-9-16-12/h5-8,12H,2-4,9H2,1H3,(H,14,15). The fraction of sp³-hybridized carbons (Fsp3) is 0.462. The first kappa shape index (κ1) is 11.5. The van der Waals surface area contributed by atoms with Crippen molar-refractivity contribution in [1.29, 1.82) is 0 Å². The molecule has 1 aromatic carbocycles. The molecule has 1 amide bonds. The minimum atomic E-state index is 0.158. The molecule has 1 fully saturated rings. The lowest BCUT2D eigenvalue weighted by atomic mass is 10.1. The van der Waals surface area contributed by atoms with Gasteiger partial charge in [-0.2, -0.15) is 0 Å². The number of aryl methyl sites for hydroxylation is 1. The molecule has 1 saturated heterocycles. The largest absolute Gasteiger partial charge is 0.325 e. The summed E-state index contributed by atoms with van der Waals surface area (Å²) in [5.41, 5.74) is 2.21. The minimum Gasteiger partial charge on any atom is -0.325 e. The van der Waals surface area contributed by atoms with Gasteiger partial charge in [-0.3, -0.25) is 4.79 Å². The molecule has 0 aromatic heterocycles. The number of nitrogens with one attached hydrogen (secondary N) is 1. The maximum Gasteiger partial charge on any atom is 0.237 e. The quantitative estimate of drug-likeness (QED) is 0.872. The summed E-state index contributed by atoms with van der Waals surface area (Å²) >= 11 is 1.77. The van der Waals surface area contributed by atoms with Crippen molar-refractivity contribution in [3.8, 4) is 0 Å². The number of carbonyl (C=O) groups excluding carboxylic acids is 1. The monoisotopic (exact) mass is 235 g/mol. The summed E-state index contributed by atoms with van der Waals surface area (Å²) in [5.74, 6) is 1.28. The summed E-state index contributed by atoms with van der Waals surface area (Å²) in [5, 5.41) is 3.13. The average Bonchev–Trinajstić information content (AvgIpc) is 2.83. The van der Waals surface area contributed by atoms with Gasteiger partial charge in [-0.05, 0) is 42.7 Å².